The van der Waals surface area contributed by atoms with Crippen molar-refractivity contribution in [2.45, 2.75) is 77.9 Å². The van der Waals surface area contributed by atoms with Crippen molar-refractivity contribution in [3.8, 4) is 22.2 Å². The number of thiazole rings is 1. The maximum Gasteiger partial charge on any atom is 0.490 e. The molecule has 0 fully saturated rings. The number of pyridine rings is 2. The van der Waals surface area contributed by atoms with Crippen LogP contribution in [-0.4, -0.2) is 62.1 Å². The molecule has 0 radical (unpaired) electrons. The van der Waals surface area contributed by atoms with Gasteiger partial charge in [0.05, 0.1) is 28.1 Å². The second-order valence-corrected chi connectivity index (χ2v) is 13.7. The van der Waals surface area contributed by atoms with Gasteiger partial charge in [-0.3, -0.25) is 9.97 Å². The minimum Gasteiger partial charge on any atom is -0.486 e. The van der Waals surface area contributed by atoms with E-state index in [4.69, 9.17) is 24.4 Å². The third-order valence-corrected chi connectivity index (χ3v) is 7.98. The van der Waals surface area contributed by atoms with Gasteiger partial charge in [0.15, 0.2) is 0 Å². The zero-order valence-corrected chi connectivity index (χ0v) is 29.2. The number of aryl methyl sites for hydroxylation is 1. The predicted molar refractivity (Wildman–Crippen MR) is 185 cm³/mol. The number of hydrogen-bond acceptors (Lipinski definition) is 9. The SMILES string of the molecule is CC(C)Oc1nc2c(OC(C)(C)C)ccc([C@@H](O)CNCCCCc3cc4cccnc4c(-c4cccc(F)c4)n3)c2s1.O=C(O)C(F)(F)F. The lowest BCUT2D eigenvalue weighted by Crippen LogP contribution is -2.24. The number of aliphatic carboxylic acids is 1. The van der Waals surface area contributed by atoms with Crippen LogP contribution in [0.2, 0.25) is 0 Å². The van der Waals surface area contributed by atoms with E-state index in [9.17, 15) is 22.7 Å². The Morgan fingerprint density at radius 3 is 2.40 bits per heavy atom. The minimum absolute atomic E-state index is 0.00279. The Morgan fingerprint density at radius 1 is 1.00 bits per heavy atom. The molecule has 0 spiro atoms. The Morgan fingerprint density at radius 2 is 1.74 bits per heavy atom. The number of nitrogens with zero attached hydrogens (tertiary/aromatic N) is 3. The molecule has 268 valence electrons. The molecular formula is C36H40F4N4O5S. The molecule has 0 aliphatic carbocycles. The summed E-state index contributed by atoms with van der Waals surface area (Å²) in [5, 5.41) is 23.2. The summed E-state index contributed by atoms with van der Waals surface area (Å²) in [5.41, 5.74) is 4.27. The van der Waals surface area contributed by atoms with Crippen LogP contribution in [0.4, 0.5) is 17.6 Å². The summed E-state index contributed by atoms with van der Waals surface area (Å²) >= 11 is 1.43. The van der Waals surface area contributed by atoms with Gasteiger partial charge in [-0.1, -0.05) is 35.6 Å². The molecule has 0 saturated carbocycles. The van der Waals surface area contributed by atoms with Gasteiger partial charge in [-0.15, -0.1) is 0 Å². The molecule has 0 amide bonds. The Labute approximate surface area is 291 Å². The number of carboxylic acids is 1. The van der Waals surface area contributed by atoms with Crippen LogP contribution in [0.3, 0.4) is 0 Å². The molecule has 0 aliphatic rings. The second-order valence-electron chi connectivity index (χ2n) is 12.7. The van der Waals surface area contributed by atoms with E-state index in [1.807, 2.05) is 65.0 Å². The van der Waals surface area contributed by atoms with Crippen molar-refractivity contribution in [1.82, 2.24) is 20.3 Å². The van der Waals surface area contributed by atoms with Gasteiger partial charge in [-0.25, -0.2) is 9.18 Å². The third-order valence-electron chi connectivity index (χ3n) is 6.98. The van der Waals surface area contributed by atoms with E-state index in [1.54, 1.807) is 12.3 Å². The summed E-state index contributed by atoms with van der Waals surface area (Å²) in [5.74, 6) is -2.37. The summed E-state index contributed by atoms with van der Waals surface area (Å²) in [6.45, 7) is 11.1. The first kappa shape index (κ1) is 38.4. The van der Waals surface area contributed by atoms with Crippen LogP contribution in [0.1, 0.15) is 64.8 Å². The zero-order valence-electron chi connectivity index (χ0n) is 28.3. The summed E-state index contributed by atoms with van der Waals surface area (Å²) in [6.07, 6.45) is -1.45. The minimum atomic E-state index is -5.08. The van der Waals surface area contributed by atoms with Crippen molar-refractivity contribution < 1.29 is 42.0 Å². The number of nitrogens with one attached hydrogen (secondary N) is 1. The zero-order chi connectivity index (χ0) is 36.6. The molecule has 9 nitrogen and oxygen atoms in total. The second kappa shape index (κ2) is 16.5. The number of carbonyl (C=O) groups is 1. The standard InChI is InChI=1S/C34H39FN4O3S.C2HF3O2/c1-21(2)41-33-39-31-28(42-34(3,4)5)15-14-26(32(31)43-33)27(40)20-36-16-7-6-13-25-19-23-11-9-17-37-29(23)30(38-25)22-10-8-12-24(35)18-22;3-2(4,5)1(6)7/h8-12,14-15,17-19,21,27,36,40H,6-7,13,16,20H2,1-5H3;(H,6,7)/t27-;/m0./s1. The highest BCUT2D eigenvalue weighted by atomic mass is 32.1. The quantitative estimate of drug-likeness (QED) is 0.0864. The lowest BCUT2D eigenvalue weighted by atomic mass is 10.0. The lowest BCUT2D eigenvalue weighted by Gasteiger charge is -2.22. The molecule has 3 aromatic heterocycles. The monoisotopic (exact) mass is 716 g/mol. The first-order valence-electron chi connectivity index (χ1n) is 16.0. The van der Waals surface area contributed by atoms with Gasteiger partial charge in [-0.2, -0.15) is 18.2 Å². The first-order chi connectivity index (χ1) is 23.5. The van der Waals surface area contributed by atoms with E-state index in [2.05, 4.69) is 21.4 Å². The average molecular weight is 717 g/mol. The summed E-state index contributed by atoms with van der Waals surface area (Å²) < 4.78 is 58.6. The number of hydrogen-bond donors (Lipinski definition) is 3. The molecule has 5 rings (SSSR count). The number of aliphatic hydroxyl groups is 1. The smallest absolute Gasteiger partial charge is 0.486 e. The first-order valence-corrected chi connectivity index (χ1v) is 16.8. The van der Waals surface area contributed by atoms with E-state index in [1.165, 1.54) is 23.5 Å². The van der Waals surface area contributed by atoms with Crippen LogP contribution < -0.4 is 14.8 Å². The van der Waals surface area contributed by atoms with Crippen molar-refractivity contribution >= 4 is 38.4 Å². The molecule has 0 saturated heterocycles. The topological polar surface area (TPSA) is 127 Å². The number of aromatic nitrogens is 3. The van der Waals surface area contributed by atoms with Gasteiger partial charge in [0, 0.05) is 34.9 Å². The van der Waals surface area contributed by atoms with E-state index < -0.39 is 18.2 Å². The van der Waals surface area contributed by atoms with E-state index >= 15 is 0 Å². The number of unbranched alkanes of at least 4 members (excludes halogenated alkanes) is 1. The van der Waals surface area contributed by atoms with Gasteiger partial charge < -0.3 is 25.0 Å². The molecule has 5 aromatic rings. The number of halogens is 4. The number of benzene rings is 2. The largest absolute Gasteiger partial charge is 0.490 e. The van der Waals surface area contributed by atoms with Gasteiger partial charge in [0.2, 0.25) is 0 Å². The van der Waals surface area contributed by atoms with Gasteiger partial charge >= 0.3 is 12.1 Å². The third kappa shape index (κ3) is 10.8. The fourth-order valence-corrected chi connectivity index (χ4v) is 6.04. The molecule has 3 heterocycles. The van der Waals surface area contributed by atoms with Crippen LogP contribution >= 0.6 is 11.3 Å². The van der Waals surface area contributed by atoms with E-state index in [0.717, 1.165) is 58.2 Å². The van der Waals surface area contributed by atoms with Gasteiger partial charge in [0.25, 0.3) is 5.19 Å². The fourth-order valence-electron chi connectivity index (χ4n) is 4.92. The Hall–Kier alpha value is -4.40. The number of rotatable bonds is 12. The van der Waals surface area contributed by atoms with E-state index in [0.29, 0.717) is 28.7 Å². The maximum atomic E-state index is 14.0. The van der Waals surface area contributed by atoms with Crippen LogP contribution in [0.15, 0.2) is 60.8 Å². The molecule has 3 N–H and O–H groups in total. The Balaban J connectivity index is 0.000000727. The fraction of sp³-hybridized carbons (Fsp3) is 0.389. The van der Waals surface area contributed by atoms with Crippen LogP contribution in [0, 0.1) is 5.82 Å². The highest BCUT2D eigenvalue weighted by Crippen LogP contribution is 2.40. The molecule has 0 aliphatic heterocycles. The number of ether oxygens (including phenoxy) is 2. The predicted octanol–water partition coefficient (Wildman–Crippen LogP) is 8.29. The average Bonchev–Trinajstić information content (AvgIpc) is 3.45. The number of alkyl halides is 3. The molecule has 0 bridgehead atoms. The van der Waals surface area contributed by atoms with Crippen LogP contribution in [0.25, 0.3) is 32.4 Å². The molecule has 1 atom stereocenters. The number of fused-ring (bicyclic) bond motifs is 2. The van der Waals surface area contributed by atoms with Crippen molar-refractivity contribution in [2.24, 2.45) is 0 Å². The number of aliphatic hydroxyl groups excluding tert-OH is 1. The van der Waals surface area contributed by atoms with Crippen LogP contribution in [-0.2, 0) is 11.2 Å². The van der Waals surface area contributed by atoms with Crippen LogP contribution in [0.5, 0.6) is 10.9 Å². The Bertz CT molecular complexity index is 1910. The highest BCUT2D eigenvalue weighted by molar-refractivity contribution is 7.20. The maximum absolute atomic E-state index is 14.0. The van der Waals surface area contributed by atoms with Crippen molar-refractivity contribution in [2.75, 3.05) is 13.1 Å². The molecule has 2 aromatic carbocycles. The van der Waals surface area contributed by atoms with Crippen molar-refractivity contribution in [3.05, 3.63) is 77.9 Å². The van der Waals surface area contributed by atoms with Gasteiger partial charge in [0.1, 0.15) is 22.7 Å². The summed E-state index contributed by atoms with van der Waals surface area (Å²) in [4.78, 5) is 23.0. The summed E-state index contributed by atoms with van der Waals surface area (Å²) in [7, 11) is 0. The molecule has 14 heteroatoms. The number of carboxylic acid groups (broad SMARTS) is 1. The van der Waals surface area contributed by atoms with Crippen molar-refractivity contribution in [1.29, 1.82) is 0 Å². The molecule has 0 unspecified atom stereocenters. The molecular weight excluding hydrogens is 676 g/mol. The van der Waals surface area contributed by atoms with Gasteiger partial charge in [-0.05, 0) is 90.8 Å². The highest BCUT2D eigenvalue weighted by Gasteiger charge is 2.38. The van der Waals surface area contributed by atoms with Crippen molar-refractivity contribution in [3.63, 3.8) is 0 Å². The van der Waals surface area contributed by atoms with E-state index in [-0.39, 0.29) is 17.5 Å². The summed E-state index contributed by atoms with van der Waals surface area (Å²) in [6, 6.07) is 16.3. The normalized spacial score (nSPS) is 12.5. The Kier molecular flexibility index (Phi) is 12.7. The lowest BCUT2D eigenvalue weighted by molar-refractivity contribution is -0.192. The molecule has 50 heavy (non-hydrogen) atoms.